The van der Waals surface area contributed by atoms with Gasteiger partial charge in [0.15, 0.2) is 11.5 Å². The number of hydrogen-bond acceptors (Lipinski definition) is 7. The lowest BCUT2D eigenvalue weighted by Gasteiger charge is -2.20. The molecule has 0 saturated heterocycles. The van der Waals surface area contributed by atoms with Crippen LogP contribution in [0.5, 0.6) is 11.5 Å². The third-order valence-electron chi connectivity index (χ3n) is 4.49. The first-order valence-electron chi connectivity index (χ1n) is 8.73. The number of ether oxygens (including phenoxy) is 3. The lowest BCUT2D eigenvalue weighted by molar-refractivity contribution is 0.0601. The van der Waals surface area contributed by atoms with Crippen LogP contribution >= 0.6 is 0 Å². The largest absolute Gasteiger partial charge is 0.493 e. The quantitative estimate of drug-likeness (QED) is 0.664. The Hall–Kier alpha value is -3.27. The van der Waals surface area contributed by atoms with Gasteiger partial charge in [0.05, 0.1) is 44.5 Å². The number of anilines is 2. The lowest BCUT2D eigenvalue weighted by Crippen LogP contribution is -2.26. The third-order valence-corrected chi connectivity index (χ3v) is 5.68. The molecule has 0 saturated carbocycles. The summed E-state index contributed by atoms with van der Waals surface area (Å²) in [5.74, 6) is -0.617. The Morgan fingerprint density at radius 2 is 1.60 bits per heavy atom. The molecule has 0 spiro atoms. The van der Waals surface area contributed by atoms with E-state index < -0.39 is 21.9 Å². The molecule has 0 aliphatic rings. The van der Waals surface area contributed by atoms with Crippen molar-refractivity contribution in [2.24, 2.45) is 0 Å². The fourth-order valence-corrected chi connectivity index (χ4v) is 3.28. The molecular weight excluding hydrogens is 412 g/mol. The number of amides is 1. The smallest absolute Gasteiger partial charge is 0.340 e. The minimum atomic E-state index is -3.51. The molecule has 30 heavy (non-hydrogen) atoms. The van der Waals surface area contributed by atoms with Gasteiger partial charge in [-0.2, -0.15) is 0 Å². The zero-order chi connectivity index (χ0) is 22.6. The van der Waals surface area contributed by atoms with Gasteiger partial charge < -0.3 is 19.5 Å². The fraction of sp³-hybridized carbons (Fsp3) is 0.300. The van der Waals surface area contributed by atoms with Crippen molar-refractivity contribution >= 4 is 33.3 Å². The highest BCUT2D eigenvalue weighted by Crippen LogP contribution is 2.34. The maximum Gasteiger partial charge on any atom is 0.340 e. The van der Waals surface area contributed by atoms with Crippen molar-refractivity contribution in [2.45, 2.75) is 6.92 Å². The average Bonchev–Trinajstić information content (AvgIpc) is 2.71. The minimum absolute atomic E-state index is 0.0732. The Labute approximate surface area is 175 Å². The number of sulfonamides is 1. The second-order valence-electron chi connectivity index (χ2n) is 6.43. The van der Waals surface area contributed by atoms with Gasteiger partial charge in [0, 0.05) is 24.7 Å². The van der Waals surface area contributed by atoms with E-state index in [0.29, 0.717) is 22.7 Å². The van der Waals surface area contributed by atoms with E-state index in [9.17, 15) is 18.0 Å². The van der Waals surface area contributed by atoms with E-state index in [0.717, 1.165) is 10.6 Å². The highest BCUT2D eigenvalue weighted by molar-refractivity contribution is 7.92. The lowest BCUT2D eigenvalue weighted by atomic mass is 10.1. The molecule has 0 aromatic heterocycles. The highest BCUT2D eigenvalue weighted by atomic mass is 32.2. The summed E-state index contributed by atoms with van der Waals surface area (Å²) in [6.07, 6.45) is 1.07. The van der Waals surface area contributed by atoms with Crippen molar-refractivity contribution in [3.8, 4) is 11.5 Å². The molecular formula is C20H24N2O7S. The summed E-state index contributed by atoms with van der Waals surface area (Å²) in [6.45, 7) is 1.74. The average molecular weight is 436 g/mol. The van der Waals surface area contributed by atoms with E-state index in [4.69, 9.17) is 14.2 Å². The van der Waals surface area contributed by atoms with E-state index >= 15 is 0 Å². The summed E-state index contributed by atoms with van der Waals surface area (Å²) < 4.78 is 40.1. The number of carbonyl (C=O) groups is 2. The monoisotopic (exact) mass is 436 g/mol. The van der Waals surface area contributed by atoms with Crippen molar-refractivity contribution in [3.63, 3.8) is 0 Å². The number of nitrogens with one attached hydrogen (secondary N) is 1. The third kappa shape index (κ3) is 4.82. The molecule has 0 heterocycles. The number of methoxy groups -OCH3 is 3. The molecule has 2 aromatic rings. The van der Waals surface area contributed by atoms with Crippen molar-refractivity contribution in [2.75, 3.05) is 44.3 Å². The van der Waals surface area contributed by atoms with Crippen LogP contribution in [0.2, 0.25) is 0 Å². The van der Waals surface area contributed by atoms with Crippen molar-refractivity contribution in [3.05, 3.63) is 47.0 Å². The fourth-order valence-electron chi connectivity index (χ4n) is 2.72. The second-order valence-corrected chi connectivity index (χ2v) is 8.44. The highest BCUT2D eigenvalue weighted by Gasteiger charge is 2.21. The molecule has 0 aliphatic carbocycles. The molecule has 10 heteroatoms. The zero-order valence-electron chi connectivity index (χ0n) is 17.6. The van der Waals surface area contributed by atoms with Crippen LogP contribution in [0.15, 0.2) is 30.3 Å². The number of esters is 1. The number of carbonyl (C=O) groups excluding carboxylic acids is 2. The Morgan fingerprint density at radius 3 is 2.13 bits per heavy atom. The maximum atomic E-state index is 12.9. The van der Waals surface area contributed by atoms with Crippen LogP contribution in [0.25, 0.3) is 0 Å². The first-order chi connectivity index (χ1) is 14.0. The van der Waals surface area contributed by atoms with Gasteiger partial charge in [0.2, 0.25) is 10.0 Å². The number of aryl methyl sites for hydroxylation is 1. The second kappa shape index (κ2) is 9.04. The van der Waals surface area contributed by atoms with Gasteiger partial charge in [-0.3, -0.25) is 9.10 Å². The molecule has 9 nitrogen and oxygen atoms in total. The van der Waals surface area contributed by atoms with Crippen molar-refractivity contribution in [1.29, 1.82) is 0 Å². The first-order valence-corrected chi connectivity index (χ1v) is 10.6. The first kappa shape index (κ1) is 23.0. The Bertz CT molecular complexity index is 1080. The summed E-state index contributed by atoms with van der Waals surface area (Å²) >= 11 is 0. The van der Waals surface area contributed by atoms with Gasteiger partial charge in [-0.1, -0.05) is 6.07 Å². The van der Waals surface area contributed by atoms with Crippen LogP contribution in [0.4, 0.5) is 11.4 Å². The number of rotatable bonds is 7. The van der Waals surface area contributed by atoms with Gasteiger partial charge in [-0.05, 0) is 24.6 Å². The van der Waals surface area contributed by atoms with Gasteiger partial charge in [-0.25, -0.2) is 13.2 Å². The van der Waals surface area contributed by atoms with Crippen LogP contribution in [0.3, 0.4) is 0 Å². The summed E-state index contributed by atoms with van der Waals surface area (Å²) in [5.41, 5.74) is 1.48. The van der Waals surface area contributed by atoms with E-state index in [1.165, 1.54) is 46.6 Å². The summed E-state index contributed by atoms with van der Waals surface area (Å²) in [6, 6.07) is 7.51. The molecule has 0 atom stereocenters. The van der Waals surface area contributed by atoms with Crippen LogP contribution in [0, 0.1) is 6.92 Å². The Kier molecular flexibility index (Phi) is 6.93. The maximum absolute atomic E-state index is 12.9. The normalized spacial score (nSPS) is 10.9. The summed E-state index contributed by atoms with van der Waals surface area (Å²) in [4.78, 5) is 25.0. The molecule has 0 bridgehead atoms. The zero-order valence-corrected chi connectivity index (χ0v) is 18.4. The number of nitrogens with zero attached hydrogens (tertiary/aromatic N) is 1. The molecule has 0 unspecified atom stereocenters. The van der Waals surface area contributed by atoms with Crippen LogP contribution in [-0.2, 0) is 14.8 Å². The standard InChI is InChI=1S/C20H24N2O7S/c1-12-7-8-13(9-16(12)22(2)30(6,25)26)19(23)21-15-11-18(28-4)17(27-3)10-14(15)20(24)29-5/h7-11H,1-6H3,(H,21,23). The Balaban J connectivity index is 2.48. The molecule has 162 valence electrons. The summed E-state index contributed by atoms with van der Waals surface area (Å²) in [5, 5.41) is 2.65. The molecule has 1 N–H and O–H groups in total. The predicted octanol–water partition coefficient (Wildman–Crippen LogP) is 2.45. The predicted molar refractivity (Wildman–Crippen MR) is 113 cm³/mol. The van der Waals surface area contributed by atoms with E-state index in [2.05, 4.69) is 5.32 Å². The SMILES string of the molecule is COC(=O)c1cc(OC)c(OC)cc1NC(=O)c1ccc(C)c(N(C)S(C)(=O)=O)c1. The van der Waals surface area contributed by atoms with Gasteiger partial charge in [-0.15, -0.1) is 0 Å². The van der Waals surface area contributed by atoms with Crippen molar-refractivity contribution in [1.82, 2.24) is 0 Å². The molecule has 2 rings (SSSR count). The number of benzene rings is 2. The van der Waals surface area contributed by atoms with Crippen LogP contribution < -0.4 is 19.1 Å². The topological polar surface area (TPSA) is 111 Å². The number of hydrogen-bond donors (Lipinski definition) is 1. The molecule has 2 aromatic carbocycles. The molecule has 1 amide bonds. The van der Waals surface area contributed by atoms with Gasteiger partial charge in [0.1, 0.15) is 0 Å². The summed E-state index contributed by atoms with van der Waals surface area (Å²) in [7, 11) is 1.96. The van der Waals surface area contributed by atoms with E-state index in [1.807, 2.05) is 0 Å². The molecule has 0 aliphatic heterocycles. The van der Waals surface area contributed by atoms with Crippen LogP contribution in [-0.4, -0.2) is 54.9 Å². The van der Waals surface area contributed by atoms with Crippen LogP contribution in [0.1, 0.15) is 26.3 Å². The molecule has 0 fully saturated rings. The molecule has 0 radical (unpaired) electrons. The van der Waals surface area contributed by atoms with Gasteiger partial charge in [0.25, 0.3) is 5.91 Å². The van der Waals surface area contributed by atoms with Gasteiger partial charge >= 0.3 is 5.97 Å². The minimum Gasteiger partial charge on any atom is -0.493 e. The van der Waals surface area contributed by atoms with Crippen molar-refractivity contribution < 1.29 is 32.2 Å². The van der Waals surface area contributed by atoms with E-state index in [-0.39, 0.29) is 16.8 Å². The Morgan fingerprint density at radius 1 is 1.00 bits per heavy atom. The van der Waals surface area contributed by atoms with E-state index in [1.54, 1.807) is 19.1 Å².